The number of anilines is 1. The maximum Gasteiger partial charge on any atom is 0.237 e. The van der Waals surface area contributed by atoms with Crippen LogP contribution in [0.15, 0.2) is 78.0 Å². The van der Waals surface area contributed by atoms with E-state index in [-0.39, 0.29) is 5.91 Å². The van der Waals surface area contributed by atoms with Gasteiger partial charge in [0.2, 0.25) is 5.91 Å². The van der Waals surface area contributed by atoms with Crippen LogP contribution in [-0.2, 0) is 4.79 Å². The van der Waals surface area contributed by atoms with Gasteiger partial charge in [0, 0.05) is 16.9 Å². The minimum atomic E-state index is -0.412. The molecule has 0 radical (unpaired) electrons. The average Bonchev–Trinajstić information content (AvgIpc) is 3.24. The molecule has 0 bridgehead atoms. The molecule has 4 aromatic rings. The number of aromatic nitrogens is 3. The van der Waals surface area contributed by atoms with Crippen LogP contribution in [0.4, 0.5) is 5.69 Å². The largest absolute Gasteiger partial charge is 0.497 e. The molecule has 0 saturated carbocycles. The predicted octanol–water partition coefficient (Wildman–Crippen LogP) is 6.02. The Balaban J connectivity index is 1.68. The van der Waals surface area contributed by atoms with Crippen molar-refractivity contribution < 1.29 is 9.53 Å². The van der Waals surface area contributed by atoms with E-state index < -0.39 is 5.25 Å². The van der Waals surface area contributed by atoms with Crippen molar-refractivity contribution in [1.29, 1.82) is 0 Å². The summed E-state index contributed by atoms with van der Waals surface area (Å²) in [6, 6.07) is 22.8. The van der Waals surface area contributed by atoms with Crippen LogP contribution < -0.4 is 10.1 Å². The Morgan fingerprint density at radius 1 is 1.03 bits per heavy atom. The number of ether oxygens (including phenoxy) is 1. The van der Waals surface area contributed by atoms with Crippen LogP contribution in [0.2, 0.25) is 5.02 Å². The van der Waals surface area contributed by atoms with E-state index in [9.17, 15) is 4.79 Å². The first-order valence-electron chi connectivity index (χ1n) is 10.4. The van der Waals surface area contributed by atoms with Crippen molar-refractivity contribution in [2.24, 2.45) is 0 Å². The molecule has 1 heterocycles. The third-order valence-electron chi connectivity index (χ3n) is 5.13. The van der Waals surface area contributed by atoms with Gasteiger partial charge in [-0.2, -0.15) is 0 Å². The zero-order valence-corrected chi connectivity index (χ0v) is 20.0. The van der Waals surface area contributed by atoms with Crippen molar-refractivity contribution >= 4 is 35.0 Å². The lowest BCUT2D eigenvalue weighted by Crippen LogP contribution is -2.23. The van der Waals surface area contributed by atoms with E-state index in [1.54, 1.807) is 7.11 Å². The van der Waals surface area contributed by atoms with E-state index in [0.29, 0.717) is 16.0 Å². The summed E-state index contributed by atoms with van der Waals surface area (Å²) in [6.45, 7) is 3.81. The number of nitrogens with zero attached hydrogens (tertiary/aromatic N) is 3. The van der Waals surface area contributed by atoms with Crippen molar-refractivity contribution in [1.82, 2.24) is 14.8 Å². The third-order valence-corrected chi connectivity index (χ3v) is 6.51. The Bertz CT molecular complexity index is 1270. The molecule has 0 aliphatic rings. The van der Waals surface area contributed by atoms with Crippen molar-refractivity contribution in [3.05, 3.63) is 83.4 Å². The van der Waals surface area contributed by atoms with Crippen molar-refractivity contribution in [2.75, 3.05) is 12.4 Å². The van der Waals surface area contributed by atoms with Gasteiger partial charge in [-0.3, -0.25) is 9.36 Å². The number of halogens is 1. The lowest BCUT2D eigenvalue weighted by atomic mass is 10.2. The Kier molecular flexibility index (Phi) is 7.01. The van der Waals surface area contributed by atoms with Gasteiger partial charge in [-0.05, 0) is 61.9 Å². The number of amides is 1. The molecule has 6 nitrogen and oxygen atoms in total. The molecule has 4 rings (SSSR count). The number of hydrogen-bond donors (Lipinski definition) is 1. The zero-order chi connectivity index (χ0) is 23.4. The number of nitrogens with one attached hydrogen (secondary N) is 1. The van der Waals surface area contributed by atoms with Gasteiger partial charge in [0.15, 0.2) is 11.0 Å². The van der Waals surface area contributed by atoms with E-state index in [4.69, 9.17) is 16.3 Å². The van der Waals surface area contributed by atoms with Crippen LogP contribution in [0.1, 0.15) is 12.5 Å². The van der Waals surface area contributed by atoms with E-state index >= 15 is 0 Å². The van der Waals surface area contributed by atoms with Crippen LogP contribution in [0.3, 0.4) is 0 Å². The first-order valence-corrected chi connectivity index (χ1v) is 11.6. The summed E-state index contributed by atoms with van der Waals surface area (Å²) >= 11 is 7.80. The highest BCUT2D eigenvalue weighted by Gasteiger charge is 2.23. The summed E-state index contributed by atoms with van der Waals surface area (Å²) in [7, 11) is 1.62. The molecule has 33 heavy (non-hydrogen) atoms. The van der Waals surface area contributed by atoms with Gasteiger partial charge in [-0.15, -0.1) is 10.2 Å². The topological polar surface area (TPSA) is 69.0 Å². The molecule has 1 unspecified atom stereocenters. The summed E-state index contributed by atoms with van der Waals surface area (Å²) in [5.41, 5.74) is 3.39. The Labute approximate surface area is 202 Å². The average molecular weight is 479 g/mol. The minimum absolute atomic E-state index is 0.113. The zero-order valence-electron chi connectivity index (χ0n) is 18.4. The van der Waals surface area contributed by atoms with Gasteiger partial charge in [0.1, 0.15) is 5.75 Å². The standard InChI is InChI=1S/C25H23ClN4O2S/c1-16-8-4-7-11-22(16)27-24(31)17(2)33-25-29-28-23(20-9-5-6-10-21(20)26)30(25)18-12-14-19(32-3)15-13-18/h4-15,17H,1-3H3,(H,27,31). The number of para-hydroxylation sites is 1. The molecule has 0 spiro atoms. The number of thioether (sulfide) groups is 1. The van der Waals surface area contributed by atoms with Gasteiger partial charge in [-0.25, -0.2) is 0 Å². The number of rotatable bonds is 7. The van der Waals surface area contributed by atoms with Gasteiger partial charge in [0.05, 0.1) is 17.4 Å². The molecule has 1 amide bonds. The summed E-state index contributed by atoms with van der Waals surface area (Å²) in [5.74, 6) is 1.23. The third kappa shape index (κ3) is 5.05. The van der Waals surface area contributed by atoms with Crippen LogP contribution in [0, 0.1) is 6.92 Å². The van der Waals surface area contributed by atoms with Gasteiger partial charge < -0.3 is 10.1 Å². The second-order valence-electron chi connectivity index (χ2n) is 7.38. The number of carbonyl (C=O) groups excluding carboxylic acids is 1. The van der Waals surface area contributed by atoms with Crippen molar-refractivity contribution in [2.45, 2.75) is 24.3 Å². The number of methoxy groups -OCH3 is 1. The Morgan fingerprint density at radius 2 is 1.73 bits per heavy atom. The van der Waals surface area contributed by atoms with Gasteiger partial charge >= 0.3 is 0 Å². The molecule has 0 fully saturated rings. The number of hydrogen-bond acceptors (Lipinski definition) is 5. The first-order chi connectivity index (χ1) is 16.0. The fraction of sp³-hybridized carbons (Fsp3) is 0.160. The molecule has 168 valence electrons. The van der Waals surface area contributed by atoms with Crippen LogP contribution in [-0.4, -0.2) is 33.0 Å². The highest BCUT2D eigenvalue weighted by Crippen LogP contribution is 2.34. The molecule has 0 aliphatic heterocycles. The van der Waals surface area contributed by atoms with Crippen molar-refractivity contribution in [3.63, 3.8) is 0 Å². The predicted molar refractivity (Wildman–Crippen MR) is 133 cm³/mol. The minimum Gasteiger partial charge on any atom is -0.497 e. The van der Waals surface area contributed by atoms with Gasteiger partial charge in [0.25, 0.3) is 0 Å². The fourth-order valence-corrected chi connectivity index (χ4v) is 4.37. The number of aryl methyl sites for hydroxylation is 1. The molecular formula is C25H23ClN4O2S. The van der Waals surface area contributed by atoms with E-state index in [0.717, 1.165) is 28.3 Å². The summed E-state index contributed by atoms with van der Waals surface area (Å²) < 4.78 is 7.20. The molecule has 1 atom stereocenters. The van der Waals surface area contributed by atoms with Crippen LogP contribution in [0.5, 0.6) is 5.75 Å². The summed E-state index contributed by atoms with van der Waals surface area (Å²) in [6.07, 6.45) is 0. The fourth-order valence-electron chi connectivity index (χ4n) is 3.29. The molecule has 8 heteroatoms. The highest BCUT2D eigenvalue weighted by molar-refractivity contribution is 8.00. The smallest absolute Gasteiger partial charge is 0.237 e. The molecule has 0 aliphatic carbocycles. The Hall–Kier alpha value is -3.29. The monoisotopic (exact) mass is 478 g/mol. The molecule has 1 N–H and O–H groups in total. The molecular weight excluding hydrogens is 456 g/mol. The molecule has 1 aromatic heterocycles. The lowest BCUT2D eigenvalue weighted by Gasteiger charge is -2.15. The molecule has 3 aromatic carbocycles. The van der Waals surface area contributed by atoms with E-state index in [1.165, 1.54) is 11.8 Å². The molecule has 0 saturated heterocycles. The quantitative estimate of drug-likeness (QED) is 0.329. The van der Waals surface area contributed by atoms with Crippen LogP contribution in [0.25, 0.3) is 17.1 Å². The number of carbonyl (C=O) groups is 1. The summed E-state index contributed by atoms with van der Waals surface area (Å²) in [4.78, 5) is 12.9. The number of benzene rings is 3. The maximum atomic E-state index is 12.9. The highest BCUT2D eigenvalue weighted by atomic mass is 35.5. The van der Waals surface area contributed by atoms with Gasteiger partial charge in [-0.1, -0.05) is 53.7 Å². The maximum absolute atomic E-state index is 12.9. The lowest BCUT2D eigenvalue weighted by molar-refractivity contribution is -0.115. The Morgan fingerprint density at radius 3 is 2.42 bits per heavy atom. The van der Waals surface area contributed by atoms with E-state index in [2.05, 4.69) is 15.5 Å². The first kappa shape index (κ1) is 22.9. The second-order valence-corrected chi connectivity index (χ2v) is 9.10. The second kappa shape index (κ2) is 10.1. The van der Waals surface area contributed by atoms with Crippen LogP contribution >= 0.6 is 23.4 Å². The normalized spacial score (nSPS) is 11.8. The summed E-state index contributed by atoms with van der Waals surface area (Å²) in [5, 5.41) is 12.6. The van der Waals surface area contributed by atoms with E-state index in [1.807, 2.05) is 91.2 Å². The SMILES string of the molecule is COc1ccc(-n2c(SC(C)C(=O)Nc3ccccc3C)nnc2-c2ccccc2Cl)cc1. The van der Waals surface area contributed by atoms with Crippen molar-refractivity contribution in [3.8, 4) is 22.8 Å².